The summed E-state index contributed by atoms with van der Waals surface area (Å²) >= 11 is 0. The van der Waals surface area contributed by atoms with E-state index in [0.717, 1.165) is 0 Å². The molecule has 0 aliphatic carbocycles. The monoisotopic (exact) mass is 386 g/mol. The van der Waals surface area contributed by atoms with Crippen LogP contribution in [0.25, 0.3) is 11.0 Å². The molecule has 3 aromatic heterocycles. The Morgan fingerprint density at radius 3 is 2.86 bits per heavy atom. The molecule has 1 amide bonds. The first-order chi connectivity index (χ1) is 13.5. The number of aryl methyl sites for hydroxylation is 1. The number of methoxy groups -OCH3 is 1. The van der Waals surface area contributed by atoms with Gasteiger partial charge in [-0.05, 0) is 31.5 Å². The summed E-state index contributed by atoms with van der Waals surface area (Å²) < 4.78 is 11.6. The predicted octanol–water partition coefficient (Wildman–Crippen LogP) is 2.39. The number of furan rings is 1. The van der Waals surface area contributed by atoms with E-state index in [4.69, 9.17) is 14.3 Å². The van der Waals surface area contributed by atoms with Crippen LogP contribution in [0.5, 0.6) is 0 Å². The zero-order valence-electron chi connectivity index (χ0n) is 15.9. The standard InChI is InChI=1S/C19H22N4O5/c1-11(6-7-24)21-12-9-13-15(22-18(25)14-5-4-8-28-14)16(19(26)27-3)23(2)17(13)20-10-12/h4-5,8-11,21,24H,6-7H2,1-3H3,(H,22,25)/t11-/m1/s1. The molecule has 9 nitrogen and oxygen atoms in total. The minimum Gasteiger partial charge on any atom is -0.464 e. The molecule has 28 heavy (non-hydrogen) atoms. The number of ether oxygens (including phenoxy) is 1. The van der Waals surface area contributed by atoms with E-state index in [1.165, 1.54) is 19.4 Å². The van der Waals surface area contributed by atoms with Gasteiger partial charge in [0.2, 0.25) is 0 Å². The number of aromatic nitrogens is 2. The Hall–Kier alpha value is -3.33. The molecule has 3 rings (SSSR count). The number of carbonyl (C=O) groups excluding carboxylic acids is 2. The van der Waals surface area contributed by atoms with Crippen molar-refractivity contribution >= 4 is 34.3 Å². The van der Waals surface area contributed by atoms with Crippen molar-refractivity contribution in [2.24, 2.45) is 7.05 Å². The highest BCUT2D eigenvalue weighted by Gasteiger charge is 2.25. The van der Waals surface area contributed by atoms with Gasteiger partial charge in [0.05, 0.1) is 30.9 Å². The van der Waals surface area contributed by atoms with Crippen LogP contribution >= 0.6 is 0 Å². The van der Waals surface area contributed by atoms with E-state index in [-0.39, 0.29) is 29.8 Å². The zero-order chi connectivity index (χ0) is 20.3. The first-order valence-electron chi connectivity index (χ1n) is 8.75. The summed E-state index contributed by atoms with van der Waals surface area (Å²) in [6.07, 6.45) is 3.60. The van der Waals surface area contributed by atoms with Crippen LogP contribution < -0.4 is 10.6 Å². The number of hydrogen-bond acceptors (Lipinski definition) is 7. The Morgan fingerprint density at radius 1 is 1.43 bits per heavy atom. The van der Waals surface area contributed by atoms with Gasteiger partial charge in [0.25, 0.3) is 5.91 Å². The van der Waals surface area contributed by atoms with E-state index in [9.17, 15) is 9.59 Å². The molecule has 0 fully saturated rings. The van der Waals surface area contributed by atoms with Gasteiger partial charge in [0, 0.05) is 25.1 Å². The van der Waals surface area contributed by atoms with Gasteiger partial charge < -0.3 is 29.5 Å². The van der Waals surface area contributed by atoms with E-state index in [2.05, 4.69) is 15.6 Å². The van der Waals surface area contributed by atoms with Crippen LogP contribution in [0.1, 0.15) is 34.4 Å². The molecule has 0 spiro atoms. The van der Waals surface area contributed by atoms with E-state index in [1.54, 1.807) is 29.9 Å². The summed E-state index contributed by atoms with van der Waals surface area (Å²) in [6, 6.07) is 4.94. The minimum atomic E-state index is -0.599. The van der Waals surface area contributed by atoms with Gasteiger partial charge in [0.1, 0.15) is 5.65 Å². The number of nitrogens with one attached hydrogen (secondary N) is 2. The molecule has 0 radical (unpaired) electrons. The number of amides is 1. The number of pyridine rings is 1. The van der Waals surface area contributed by atoms with Crippen LogP contribution in [0, 0.1) is 0 Å². The lowest BCUT2D eigenvalue weighted by Crippen LogP contribution is -2.16. The summed E-state index contributed by atoms with van der Waals surface area (Å²) in [5, 5.41) is 15.6. The highest BCUT2D eigenvalue weighted by Crippen LogP contribution is 2.32. The Kier molecular flexibility index (Phi) is 5.65. The lowest BCUT2D eigenvalue weighted by Gasteiger charge is -2.13. The summed E-state index contributed by atoms with van der Waals surface area (Å²) in [5.41, 5.74) is 1.67. The molecule has 1 atom stereocenters. The number of hydrogen-bond donors (Lipinski definition) is 3. The number of aliphatic hydroxyl groups is 1. The third kappa shape index (κ3) is 3.70. The highest BCUT2D eigenvalue weighted by molar-refractivity contribution is 6.14. The number of rotatable bonds is 7. The molecule has 0 bridgehead atoms. The average Bonchev–Trinajstić information content (AvgIpc) is 3.29. The van der Waals surface area contributed by atoms with E-state index < -0.39 is 11.9 Å². The summed E-state index contributed by atoms with van der Waals surface area (Å²) in [5.74, 6) is -0.973. The van der Waals surface area contributed by atoms with Crippen LogP contribution in [-0.2, 0) is 11.8 Å². The maximum Gasteiger partial charge on any atom is 0.356 e. The molecule has 0 aliphatic heterocycles. The molecular formula is C19H22N4O5. The fourth-order valence-corrected chi connectivity index (χ4v) is 2.98. The molecule has 3 N–H and O–H groups in total. The zero-order valence-corrected chi connectivity index (χ0v) is 15.9. The maximum absolute atomic E-state index is 12.5. The van der Waals surface area contributed by atoms with Crippen LogP contribution in [0.15, 0.2) is 35.1 Å². The van der Waals surface area contributed by atoms with Crippen molar-refractivity contribution in [2.75, 3.05) is 24.4 Å². The second kappa shape index (κ2) is 8.13. The molecule has 0 aromatic carbocycles. The summed E-state index contributed by atoms with van der Waals surface area (Å²) in [4.78, 5) is 29.3. The number of carbonyl (C=O) groups is 2. The number of nitrogens with zero attached hydrogens (tertiary/aromatic N) is 2. The van der Waals surface area contributed by atoms with Crippen LogP contribution in [0.4, 0.5) is 11.4 Å². The Morgan fingerprint density at radius 2 is 2.21 bits per heavy atom. The average molecular weight is 386 g/mol. The predicted molar refractivity (Wildman–Crippen MR) is 104 cm³/mol. The molecule has 0 aliphatic rings. The topological polar surface area (TPSA) is 119 Å². The molecule has 3 aromatic rings. The second-order valence-corrected chi connectivity index (χ2v) is 6.36. The highest BCUT2D eigenvalue weighted by atomic mass is 16.5. The van der Waals surface area contributed by atoms with E-state index in [0.29, 0.717) is 23.1 Å². The minimum absolute atomic E-state index is 0.0224. The van der Waals surface area contributed by atoms with Gasteiger partial charge in [-0.25, -0.2) is 9.78 Å². The van der Waals surface area contributed by atoms with Crippen LogP contribution in [-0.4, -0.2) is 46.3 Å². The molecule has 0 saturated carbocycles. The van der Waals surface area contributed by atoms with Crippen LogP contribution in [0.3, 0.4) is 0 Å². The number of anilines is 2. The lowest BCUT2D eigenvalue weighted by molar-refractivity contribution is 0.0591. The van der Waals surface area contributed by atoms with Gasteiger partial charge in [-0.1, -0.05) is 0 Å². The smallest absolute Gasteiger partial charge is 0.356 e. The number of fused-ring (bicyclic) bond motifs is 1. The van der Waals surface area contributed by atoms with Crippen molar-refractivity contribution in [1.29, 1.82) is 0 Å². The summed E-state index contributed by atoms with van der Waals surface area (Å²) in [6.45, 7) is 2.00. The normalized spacial score (nSPS) is 12.0. The quantitative estimate of drug-likeness (QED) is 0.534. The fourth-order valence-electron chi connectivity index (χ4n) is 2.98. The summed E-state index contributed by atoms with van der Waals surface area (Å²) in [7, 11) is 2.95. The third-order valence-corrected chi connectivity index (χ3v) is 4.36. The van der Waals surface area contributed by atoms with Gasteiger partial charge >= 0.3 is 5.97 Å². The second-order valence-electron chi connectivity index (χ2n) is 6.36. The molecule has 0 unspecified atom stereocenters. The van der Waals surface area contributed by atoms with Crippen molar-refractivity contribution in [3.63, 3.8) is 0 Å². The van der Waals surface area contributed by atoms with Crippen molar-refractivity contribution in [2.45, 2.75) is 19.4 Å². The maximum atomic E-state index is 12.5. The SMILES string of the molecule is COC(=O)c1c(NC(=O)c2ccco2)c2cc(N[C@H](C)CCO)cnc2n1C. The van der Waals surface area contributed by atoms with Gasteiger partial charge in [-0.3, -0.25) is 4.79 Å². The molecule has 9 heteroatoms. The van der Waals surface area contributed by atoms with Crippen molar-refractivity contribution in [3.8, 4) is 0 Å². The van der Waals surface area contributed by atoms with E-state index in [1.807, 2.05) is 6.92 Å². The Balaban J connectivity index is 2.08. The number of esters is 1. The molecule has 3 heterocycles. The van der Waals surface area contributed by atoms with Crippen molar-refractivity contribution in [3.05, 3.63) is 42.1 Å². The van der Waals surface area contributed by atoms with Crippen molar-refractivity contribution < 1.29 is 23.8 Å². The van der Waals surface area contributed by atoms with E-state index >= 15 is 0 Å². The first kappa shape index (κ1) is 19.4. The largest absolute Gasteiger partial charge is 0.464 e. The van der Waals surface area contributed by atoms with Gasteiger partial charge in [-0.15, -0.1) is 0 Å². The fraction of sp³-hybridized carbons (Fsp3) is 0.316. The Bertz CT molecular complexity index is 994. The van der Waals surface area contributed by atoms with Gasteiger partial charge in [0.15, 0.2) is 11.5 Å². The number of aliphatic hydroxyl groups excluding tert-OH is 1. The Labute approximate surface area is 161 Å². The van der Waals surface area contributed by atoms with Gasteiger partial charge in [-0.2, -0.15) is 0 Å². The molecule has 0 saturated heterocycles. The van der Waals surface area contributed by atoms with Crippen molar-refractivity contribution in [1.82, 2.24) is 9.55 Å². The molecule has 148 valence electrons. The molecular weight excluding hydrogens is 364 g/mol. The third-order valence-electron chi connectivity index (χ3n) is 4.36. The van der Waals surface area contributed by atoms with Crippen LogP contribution in [0.2, 0.25) is 0 Å². The lowest BCUT2D eigenvalue weighted by atomic mass is 10.2. The first-order valence-corrected chi connectivity index (χ1v) is 8.75.